The zero-order valence-electron chi connectivity index (χ0n) is 9.47. The van der Waals surface area contributed by atoms with E-state index in [-0.39, 0.29) is 5.56 Å². The van der Waals surface area contributed by atoms with Crippen molar-refractivity contribution in [2.24, 2.45) is 11.7 Å². The van der Waals surface area contributed by atoms with Crippen LogP contribution in [0.2, 0.25) is 0 Å². The first-order chi connectivity index (χ1) is 7.53. The molecule has 1 aromatic carbocycles. The first-order valence-corrected chi connectivity index (χ1v) is 5.76. The molecule has 0 bridgehead atoms. The standard InChI is InChI=1S/C13H17F2N/c1-9-4-3-7-13(16,8-9)12-10(14)5-2-6-11(12)15/h2,5-6,9H,3-4,7-8,16H2,1H3. The van der Waals surface area contributed by atoms with Crippen molar-refractivity contribution in [1.82, 2.24) is 0 Å². The Kier molecular flexibility index (Phi) is 2.98. The Balaban J connectivity index is 2.42. The molecule has 1 aliphatic carbocycles. The monoisotopic (exact) mass is 225 g/mol. The second-order valence-corrected chi connectivity index (χ2v) is 4.95. The summed E-state index contributed by atoms with van der Waals surface area (Å²) in [5.41, 5.74) is 5.44. The summed E-state index contributed by atoms with van der Waals surface area (Å²) < 4.78 is 27.4. The molecule has 2 N–H and O–H groups in total. The highest BCUT2D eigenvalue weighted by Gasteiger charge is 2.36. The fourth-order valence-electron chi connectivity index (χ4n) is 2.79. The Bertz CT molecular complexity index is 371. The molecule has 0 spiro atoms. The van der Waals surface area contributed by atoms with Crippen LogP contribution < -0.4 is 5.73 Å². The van der Waals surface area contributed by atoms with Crippen molar-refractivity contribution >= 4 is 0 Å². The van der Waals surface area contributed by atoms with Gasteiger partial charge >= 0.3 is 0 Å². The van der Waals surface area contributed by atoms with Gasteiger partial charge in [0.15, 0.2) is 0 Å². The highest BCUT2D eigenvalue weighted by molar-refractivity contribution is 5.28. The summed E-state index contributed by atoms with van der Waals surface area (Å²) in [4.78, 5) is 0. The molecule has 2 atom stereocenters. The average Bonchev–Trinajstić information content (AvgIpc) is 2.16. The molecule has 1 saturated carbocycles. The van der Waals surface area contributed by atoms with Gasteiger partial charge in [0.1, 0.15) is 11.6 Å². The van der Waals surface area contributed by atoms with Crippen LogP contribution in [0.3, 0.4) is 0 Å². The van der Waals surface area contributed by atoms with E-state index in [4.69, 9.17) is 5.73 Å². The molecule has 1 fully saturated rings. The van der Waals surface area contributed by atoms with Crippen LogP contribution in [-0.4, -0.2) is 0 Å². The van der Waals surface area contributed by atoms with Crippen molar-refractivity contribution in [2.45, 2.75) is 38.1 Å². The normalized spacial score (nSPS) is 30.4. The Morgan fingerprint density at radius 1 is 1.31 bits per heavy atom. The van der Waals surface area contributed by atoms with E-state index in [2.05, 4.69) is 6.92 Å². The molecule has 0 radical (unpaired) electrons. The minimum absolute atomic E-state index is 0.0709. The van der Waals surface area contributed by atoms with E-state index in [1.807, 2.05) is 0 Å². The molecule has 0 heterocycles. The van der Waals surface area contributed by atoms with E-state index in [9.17, 15) is 8.78 Å². The molecule has 1 nitrogen and oxygen atoms in total. The number of nitrogens with two attached hydrogens (primary N) is 1. The van der Waals surface area contributed by atoms with E-state index in [1.165, 1.54) is 18.2 Å². The summed E-state index contributed by atoms with van der Waals surface area (Å²) in [7, 11) is 0. The van der Waals surface area contributed by atoms with Gasteiger partial charge in [0, 0.05) is 11.1 Å². The molecule has 3 heteroatoms. The third-order valence-electron chi connectivity index (χ3n) is 3.49. The van der Waals surface area contributed by atoms with Crippen LogP contribution in [0.5, 0.6) is 0 Å². The van der Waals surface area contributed by atoms with Crippen molar-refractivity contribution in [3.8, 4) is 0 Å². The van der Waals surface area contributed by atoms with Gasteiger partial charge in [-0.3, -0.25) is 0 Å². The number of hydrogen-bond acceptors (Lipinski definition) is 1. The number of benzene rings is 1. The Morgan fingerprint density at radius 2 is 1.94 bits per heavy atom. The molecule has 1 aromatic rings. The Labute approximate surface area is 94.7 Å². The lowest BCUT2D eigenvalue weighted by atomic mass is 9.73. The van der Waals surface area contributed by atoms with Crippen LogP contribution in [-0.2, 0) is 5.54 Å². The maximum Gasteiger partial charge on any atom is 0.131 e. The number of hydrogen-bond donors (Lipinski definition) is 1. The van der Waals surface area contributed by atoms with Crippen LogP contribution in [0.4, 0.5) is 8.78 Å². The molecule has 0 aliphatic heterocycles. The smallest absolute Gasteiger partial charge is 0.131 e. The largest absolute Gasteiger partial charge is 0.321 e. The summed E-state index contributed by atoms with van der Waals surface area (Å²) >= 11 is 0. The molecule has 2 unspecified atom stereocenters. The van der Waals surface area contributed by atoms with E-state index < -0.39 is 17.2 Å². The topological polar surface area (TPSA) is 26.0 Å². The zero-order chi connectivity index (χ0) is 11.8. The van der Waals surface area contributed by atoms with Crippen molar-refractivity contribution < 1.29 is 8.78 Å². The Morgan fingerprint density at radius 3 is 2.50 bits per heavy atom. The molecule has 88 valence electrons. The van der Waals surface area contributed by atoms with Gasteiger partial charge in [0.2, 0.25) is 0 Å². The van der Waals surface area contributed by atoms with Crippen LogP contribution >= 0.6 is 0 Å². The second kappa shape index (κ2) is 4.13. The second-order valence-electron chi connectivity index (χ2n) is 4.95. The highest BCUT2D eigenvalue weighted by Crippen LogP contribution is 2.39. The molecule has 0 amide bonds. The highest BCUT2D eigenvalue weighted by atomic mass is 19.1. The number of halogens is 2. The molecular formula is C13H17F2N. The average molecular weight is 225 g/mol. The maximum absolute atomic E-state index is 13.7. The minimum Gasteiger partial charge on any atom is -0.321 e. The van der Waals surface area contributed by atoms with E-state index in [0.29, 0.717) is 18.8 Å². The van der Waals surface area contributed by atoms with Crippen LogP contribution in [0.25, 0.3) is 0 Å². The zero-order valence-corrected chi connectivity index (χ0v) is 9.47. The van der Waals surface area contributed by atoms with Gasteiger partial charge in [-0.25, -0.2) is 8.78 Å². The molecule has 0 saturated heterocycles. The Hall–Kier alpha value is -0.960. The SMILES string of the molecule is CC1CCCC(N)(c2c(F)cccc2F)C1. The minimum atomic E-state index is -0.826. The maximum atomic E-state index is 13.7. The van der Waals surface area contributed by atoms with Gasteiger partial charge < -0.3 is 5.73 Å². The fraction of sp³-hybridized carbons (Fsp3) is 0.538. The van der Waals surface area contributed by atoms with E-state index in [1.54, 1.807) is 0 Å². The van der Waals surface area contributed by atoms with Gasteiger partial charge in [0.25, 0.3) is 0 Å². The molecule has 16 heavy (non-hydrogen) atoms. The van der Waals surface area contributed by atoms with Gasteiger partial charge in [-0.15, -0.1) is 0 Å². The van der Waals surface area contributed by atoms with Crippen LogP contribution in [0.1, 0.15) is 38.2 Å². The van der Waals surface area contributed by atoms with Crippen LogP contribution in [0, 0.1) is 17.6 Å². The van der Waals surface area contributed by atoms with Crippen molar-refractivity contribution in [2.75, 3.05) is 0 Å². The first kappa shape index (κ1) is 11.5. The number of rotatable bonds is 1. The predicted molar refractivity (Wildman–Crippen MR) is 59.9 cm³/mol. The van der Waals surface area contributed by atoms with Gasteiger partial charge in [-0.1, -0.05) is 25.8 Å². The van der Waals surface area contributed by atoms with Gasteiger partial charge in [-0.05, 0) is 30.9 Å². The fourth-order valence-corrected chi connectivity index (χ4v) is 2.79. The van der Waals surface area contributed by atoms with Gasteiger partial charge in [0.05, 0.1) is 0 Å². The predicted octanol–water partition coefficient (Wildman–Crippen LogP) is 3.33. The first-order valence-electron chi connectivity index (χ1n) is 5.76. The molecular weight excluding hydrogens is 208 g/mol. The van der Waals surface area contributed by atoms with Crippen molar-refractivity contribution in [1.29, 1.82) is 0 Å². The van der Waals surface area contributed by atoms with E-state index >= 15 is 0 Å². The summed E-state index contributed by atoms with van der Waals surface area (Å²) in [6.07, 6.45) is 3.35. The lowest BCUT2D eigenvalue weighted by molar-refractivity contribution is 0.226. The summed E-state index contributed by atoms with van der Waals surface area (Å²) in [5, 5.41) is 0. The van der Waals surface area contributed by atoms with Gasteiger partial charge in [-0.2, -0.15) is 0 Å². The lowest BCUT2D eigenvalue weighted by Crippen LogP contribution is -2.42. The molecule has 2 rings (SSSR count). The summed E-state index contributed by atoms with van der Waals surface area (Å²) in [6.45, 7) is 2.08. The third kappa shape index (κ3) is 1.96. The summed E-state index contributed by atoms with van der Waals surface area (Å²) in [6, 6.07) is 3.95. The van der Waals surface area contributed by atoms with Crippen molar-refractivity contribution in [3.63, 3.8) is 0 Å². The third-order valence-corrected chi connectivity index (χ3v) is 3.49. The molecule has 1 aliphatic rings. The van der Waals surface area contributed by atoms with Crippen LogP contribution in [0.15, 0.2) is 18.2 Å². The quantitative estimate of drug-likeness (QED) is 0.779. The summed E-state index contributed by atoms with van der Waals surface area (Å²) in [5.74, 6) is -0.606. The lowest BCUT2D eigenvalue weighted by Gasteiger charge is -2.37. The molecule has 0 aromatic heterocycles. The van der Waals surface area contributed by atoms with Crippen molar-refractivity contribution in [3.05, 3.63) is 35.4 Å². The van der Waals surface area contributed by atoms with E-state index in [0.717, 1.165) is 12.8 Å².